The lowest BCUT2D eigenvalue weighted by atomic mass is 10.1. The second-order valence-corrected chi connectivity index (χ2v) is 2.15. The number of unbranched alkanes of at least 4 members (excludes halogenated alkanes) is 1. The van der Waals surface area contributed by atoms with Crippen molar-refractivity contribution in [2.75, 3.05) is 0 Å². The lowest BCUT2D eigenvalue weighted by Gasteiger charge is -1.94. The van der Waals surface area contributed by atoms with Gasteiger partial charge in [0.1, 0.15) is 6.07 Å². The van der Waals surface area contributed by atoms with Crippen LogP contribution < -0.4 is 0 Å². The molecule has 54 valence electrons. The summed E-state index contributed by atoms with van der Waals surface area (Å²) in [6.07, 6.45) is 2.62. The molecular formula is C8H11NO. The molecule has 0 saturated carbocycles. The van der Waals surface area contributed by atoms with Crippen LogP contribution in [0.4, 0.5) is 0 Å². The Morgan fingerprint density at radius 3 is 2.70 bits per heavy atom. The molecule has 0 amide bonds. The highest BCUT2D eigenvalue weighted by Crippen LogP contribution is 2.04. The van der Waals surface area contributed by atoms with Crippen molar-refractivity contribution in [2.24, 2.45) is 0 Å². The molecule has 0 rings (SSSR count). The summed E-state index contributed by atoms with van der Waals surface area (Å²) in [7, 11) is 0. The first-order valence-electron chi connectivity index (χ1n) is 3.34. The van der Waals surface area contributed by atoms with Gasteiger partial charge in [-0.25, -0.2) is 0 Å². The SMILES string of the molecule is C=C(CCCC)C(=O)C#N. The van der Waals surface area contributed by atoms with Crippen molar-refractivity contribution in [3.05, 3.63) is 12.2 Å². The van der Waals surface area contributed by atoms with Crippen molar-refractivity contribution < 1.29 is 4.79 Å². The van der Waals surface area contributed by atoms with Crippen molar-refractivity contribution in [1.82, 2.24) is 0 Å². The van der Waals surface area contributed by atoms with Gasteiger partial charge in [0, 0.05) is 5.57 Å². The number of hydrogen-bond acceptors (Lipinski definition) is 2. The monoisotopic (exact) mass is 137 g/mol. The van der Waals surface area contributed by atoms with Gasteiger partial charge in [0.15, 0.2) is 0 Å². The maximum Gasteiger partial charge on any atom is 0.257 e. The average Bonchev–Trinajstić information content (AvgIpc) is 1.98. The molecule has 0 atom stereocenters. The van der Waals surface area contributed by atoms with Gasteiger partial charge in [-0.05, 0) is 12.8 Å². The van der Waals surface area contributed by atoms with Gasteiger partial charge < -0.3 is 0 Å². The highest BCUT2D eigenvalue weighted by Gasteiger charge is 2.02. The van der Waals surface area contributed by atoms with E-state index in [4.69, 9.17) is 5.26 Å². The fourth-order valence-corrected chi connectivity index (χ4v) is 0.583. The predicted molar refractivity (Wildman–Crippen MR) is 39.3 cm³/mol. The highest BCUT2D eigenvalue weighted by molar-refractivity contribution is 6.06. The summed E-state index contributed by atoms with van der Waals surface area (Å²) in [5, 5.41) is 8.14. The van der Waals surface area contributed by atoms with E-state index in [1.807, 2.05) is 6.92 Å². The van der Waals surface area contributed by atoms with Gasteiger partial charge in [-0.2, -0.15) is 5.26 Å². The van der Waals surface area contributed by atoms with Gasteiger partial charge in [0.05, 0.1) is 0 Å². The standard InChI is InChI=1S/C8H11NO/c1-3-4-5-7(2)8(10)6-9/h2-5H2,1H3. The molecule has 2 heteroatoms. The van der Waals surface area contributed by atoms with E-state index in [1.54, 1.807) is 0 Å². The summed E-state index contributed by atoms with van der Waals surface area (Å²) < 4.78 is 0. The quantitative estimate of drug-likeness (QED) is 0.438. The first kappa shape index (κ1) is 8.90. The first-order valence-corrected chi connectivity index (χ1v) is 3.34. The predicted octanol–water partition coefficient (Wildman–Crippen LogP) is 1.83. The molecule has 0 unspecified atom stereocenters. The topological polar surface area (TPSA) is 40.9 Å². The fraction of sp³-hybridized carbons (Fsp3) is 0.500. The molecular weight excluding hydrogens is 126 g/mol. The minimum Gasteiger partial charge on any atom is -0.277 e. The van der Waals surface area contributed by atoms with E-state index in [2.05, 4.69) is 6.58 Å². The molecule has 0 aliphatic heterocycles. The molecule has 10 heavy (non-hydrogen) atoms. The third-order valence-electron chi connectivity index (χ3n) is 1.25. The molecule has 0 fully saturated rings. The van der Waals surface area contributed by atoms with Crippen LogP contribution in [-0.4, -0.2) is 5.78 Å². The van der Waals surface area contributed by atoms with Crippen LogP contribution in [0.3, 0.4) is 0 Å². The summed E-state index contributed by atoms with van der Waals surface area (Å²) in [6.45, 7) is 5.52. The summed E-state index contributed by atoms with van der Waals surface area (Å²) in [5.74, 6) is -0.478. The van der Waals surface area contributed by atoms with E-state index < -0.39 is 5.78 Å². The van der Waals surface area contributed by atoms with Crippen molar-refractivity contribution >= 4 is 5.78 Å². The second kappa shape index (κ2) is 4.75. The van der Waals surface area contributed by atoms with Crippen LogP contribution in [0.2, 0.25) is 0 Å². The van der Waals surface area contributed by atoms with Crippen molar-refractivity contribution in [3.63, 3.8) is 0 Å². The number of Topliss-reactive ketones (excluding diaryl/α,β-unsaturated/α-hetero) is 1. The number of nitriles is 1. The zero-order valence-corrected chi connectivity index (χ0v) is 6.18. The van der Waals surface area contributed by atoms with Crippen molar-refractivity contribution in [3.8, 4) is 6.07 Å². The Bertz CT molecular complexity index is 176. The molecule has 2 nitrogen and oxygen atoms in total. The highest BCUT2D eigenvalue weighted by atomic mass is 16.1. The van der Waals surface area contributed by atoms with Gasteiger partial charge in [0.2, 0.25) is 0 Å². The maximum absolute atomic E-state index is 10.6. The number of rotatable bonds is 4. The minimum atomic E-state index is -0.478. The van der Waals surface area contributed by atoms with Crippen LogP contribution in [0.15, 0.2) is 12.2 Å². The van der Waals surface area contributed by atoms with Crippen molar-refractivity contribution in [1.29, 1.82) is 5.26 Å². The molecule has 0 spiro atoms. The number of carbonyl (C=O) groups is 1. The van der Waals surface area contributed by atoms with Crippen LogP contribution >= 0.6 is 0 Å². The number of allylic oxidation sites excluding steroid dienone is 1. The van der Waals surface area contributed by atoms with Gasteiger partial charge in [0.25, 0.3) is 5.78 Å². The third-order valence-corrected chi connectivity index (χ3v) is 1.25. The molecule has 0 heterocycles. The number of nitrogens with zero attached hydrogens (tertiary/aromatic N) is 1. The Balaban J connectivity index is 3.66. The summed E-state index contributed by atoms with van der Waals surface area (Å²) in [4.78, 5) is 10.6. The molecule has 0 aromatic carbocycles. The Hall–Kier alpha value is -1.10. The molecule has 0 bridgehead atoms. The van der Waals surface area contributed by atoms with Crippen LogP contribution in [0.25, 0.3) is 0 Å². The summed E-state index contributed by atoms with van der Waals surface area (Å²) in [6, 6.07) is 1.54. The van der Waals surface area contributed by atoms with E-state index >= 15 is 0 Å². The van der Waals surface area contributed by atoms with Gasteiger partial charge >= 0.3 is 0 Å². The number of hydrogen-bond donors (Lipinski definition) is 0. The lowest BCUT2D eigenvalue weighted by molar-refractivity contribution is -0.110. The molecule has 0 aromatic heterocycles. The molecule has 0 N–H and O–H groups in total. The molecule has 0 saturated heterocycles. The zero-order valence-electron chi connectivity index (χ0n) is 6.18. The van der Waals surface area contributed by atoms with E-state index in [9.17, 15) is 4.79 Å². The fourth-order valence-electron chi connectivity index (χ4n) is 0.583. The van der Waals surface area contributed by atoms with Gasteiger partial charge in [-0.1, -0.05) is 19.9 Å². The minimum absolute atomic E-state index is 0.435. The zero-order chi connectivity index (χ0) is 7.98. The van der Waals surface area contributed by atoms with E-state index in [0.29, 0.717) is 12.0 Å². The molecule has 0 aliphatic rings. The largest absolute Gasteiger partial charge is 0.277 e. The number of carbonyl (C=O) groups excluding carboxylic acids is 1. The van der Waals surface area contributed by atoms with E-state index in [1.165, 1.54) is 6.07 Å². The van der Waals surface area contributed by atoms with Gasteiger partial charge in [-0.15, -0.1) is 0 Å². The molecule has 0 aliphatic carbocycles. The Morgan fingerprint density at radius 1 is 1.70 bits per heavy atom. The van der Waals surface area contributed by atoms with Crippen LogP contribution in [0.5, 0.6) is 0 Å². The second-order valence-electron chi connectivity index (χ2n) is 2.15. The van der Waals surface area contributed by atoms with Crippen LogP contribution in [-0.2, 0) is 4.79 Å². The molecule has 0 radical (unpaired) electrons. The van der Waals surface area contributed by atoms with Gasteiger partial charge in [-0.3, -0.25) is 4.79 Å². The first-order chi connectivity index (χ1) is 4.72. The Labute approximate surface area is 61.2 Å². The normalized spacial score (nSPS) is 8.40. The summed E-state index contributed by atoms with van der Waals surface area (Å²) in [5.41, 5.74) is 0.435. The number of ketones is 1. The van der Waals surface area contributed by atoms with Crippen molar-refractivity contribution in [2.45, 2.75) is 26.2 Å². The lowest BCUT2D eigenvalue weighted by Crippen LogP contribution is -1.96. The summed E-state index contributed by atoms with van der Waals surface area (Å²) >= 11 is 0. The maximum atomic E-state index is 10.6. The Kier molecular flexibility index (Phi) is 4.23. The average molecular weight is 137 g/mol. The Morgan fingerprint density at radius 2 is 2.30 bits per heavy atom. The van der Waals surface area contributed by atoms with Crippen LogP contribution in [0, 0.1) is 11.3 Å². The van der Waals surface area contributed by atoms with Crippen LogP contribution in [0.1, 0.15) is 26.2 Å². The smallest absolute Gasteiger partial charge is 0.257 e. The molecule has 0 aromatic rings. The van der Waals surface area contributed by atoms with E-state index in [-0.39, 0.29) is 0 Å². The third kappa shape index (κ3) is 3.03. The van der Waals surface area contributed by atoms with E-state index in [0.717, 1.165) is 12.8 Å².